The molecule has 0 aliphatic carbocycles. The second-order valence-electron chi connectivity index (χ2n) is 6.11. The summed E-state index contributed by atoms with van der Waals surface area (Å²) in [5.41, 5.74) is 2.31. The first-order valence-electron chi connectivity index (χ1n) is 7.80. The molecule has 1 aliphatic rings. The van der Waals surface area contributed by atoms with Gasteiger partial charge in [0.15, 0.2) is 0 Å². The number of aliphatic hydroxyl groups is 1. The van der Waals surface area contributed by atoms with Crippen LogP contribution in [-0.4, -0.2) is 61.9 Å². The van der Waals surface area contributed by atoms with Gasteiger partial charge in [0.05, 0.1) is 18.8 Å². The molecule has 1 heterocycles. The standard InChI is InChI=1S/C17H26N2O3/c1-13-10-19(11-16(12-20)22-13)17(21)8-7-14-5-4-6-15(9-14)18(2)3/h4-6,9,13,16,20H,7-8,10-12H2,1-3H3. The van der Waals surface area contributed by atoms with Crippen molar-refractivity contribution in [3.8, 4) is 0 Å². The molecule has 2 unspecified atom stereocenters. The summed E-state index contributed by atoms with van der Waals surface area (Å²) in [4.78, 5) is 16.2. The van der Waals surface area contributed by atoms with Crippen molar-refractivity contribution in [2.24, 2.45) is 0 Å². The molecule has 0 bridgehead atoms. The molecular formula is C17H26N2O3. The fourth-order valence-electron chi connectivity index (χ4n) is 2.75. The number of hydrogen-bond acceptors (Lipinski definition) is 4. The van der Waals surface area contributed by atoms with Gasteiger partial charge in [0.2, 0.25) is 5.91 Å². The molecule has 1 aromatic rings. The van der Waals surface area contributed by atoms with Crippen LogP contribution in [0.1, 0.15) is 18.9 Å². The number of carbonyl (C=O) groups is 1. The number of nitrogens with zero attached hydrogens (tertiary/aromatic N) is 2. The first-order chi connectivity index (χ1) is 10.5. The lowest BCUT2D eigenvalue weighted by molar-refractivity contribution is -0.147. The third-order valence-corrected chi connectivity index (χ3v) is 3.94. The molecule has 2 atom stereocenters. The molecule has 22 heavy (non-hydrogen) atoms. The van der Waals surface area contributed by atoms with Crippen molar-refractivity contribution < 1.29 is 14.6 Å². The zero-order valence-electron chi connectivity index (χ0n) is 13.7. The van der Waals surface area contributed by atoms with E-state index in [9.17, 15) is 9.90 Å². The van der Waals surface area contributed by atoms with E-state index in [1.165, 1.54) is 5.56 Å². The Morgan fingerprint density at radius 2 is 2.18 bits per heavy atom. The van der Waals surface area contributed by atoms with Crippen molar-refractivity contribution in [1.82, 2.24) is 4.90 Å². The Balaban J connectivity index is 1.90. The van der Waals surface area contributed by atoms with Crippen molar-refractivity contribution in [3.05, 3.63) is 29.8 Å². The van der Waals surface area contributed by atoms with Gasteiger partial charge in [-0.05, 0) is 31.0 Å². The van der Waals surface area contributed by atoms with Crippen LogP contribution < -0.4 is 4.90 Å². The Bertz CT molecular complexity index is 504. The van der Waals surface area contributed by atoms with Crippen LogP contribution >= 0.6 is 0 Å². The van der Waals surface area contributed by atoms with E-state index in [1.54, 1.807) is 0 Å². The molecule has 5 nitrogen and oxygen atoms in total. The summed E-state index contributed by atoms with van der Waals surface area (Å²) in [7, 11) is 4.02. The van der Waals surface area contributed by atoms with E-state index in [2.05, 4.69) is 23.1 Å². The number of aryl methyl sites for hydroxylation is 1. The number of hydrogen-bond donors (Lipinski definition) is 1. The number of amides is 1. The Morgan fingerprint density at radius 3 is 2.86 bits per heavy atom. The predicted octanol–water partition coefficient (Wildman–Crippen LogP) is 1.29. The minimum atomic E-state index is -0.259. The van der Waals surface area contributed by atoms with Gasteiger partial charge in [0.1, 0.15) is 0 Å². The van der Waals surface area contributed by atoms with Gasteiger partial charge in [-0.15, -0.1) is 0 Å². The third-order valence-electron chi connectivity index (χ3n) is 3.94. The molecule has 1 saturated heterocycles. The highest BCUT2D eigenvalue weighted by Gasteiger charge is 2.27. The molecule has 1 amide bonds. The largest absolute Gasteiger partial charge is 0.394 e. The molecule has 1 aromatic carbocycles. The smallest absolute Gasteiger partial charge is 0.223 e. The number of morpholine rings is 1. The molecule has 2 rings (SSSR count). The molecule has 0 spiro atoms. The normalized spacial score (nSPS) is 21.7. The van der Waals surface area contributed by atoms with Gasteiger partial charge >= 0.3 is 0 Å². The van der Waals surface area contributed by atoms with E-state index in [-0.39, 0.29) is 24.7 Å². The van der Waals surface area contributed by atoms with Crippen LogP contribution in [0.15, 0.2) is 24.3 Å². The summed E-state index contributed by atoms with van der Waals surface area (Å²) in [6.45, 7) is 2.98. The van der Waals surface area contributed by atoms with Gasteiger partial charge in [-0.3, -0.25) is 4.79 Å². The second-order valence-corrected chi connectivity index (χ2v) is 6.11. The maximum Gasteiger partial charge on any atom is 0.223 e. The number of ether oxygens (including phenoxy) is 1. The number of benzene rings is 1. The van der Waals surface area contributed by atoms with Crippen LogP contribution in [0, 0.1) is 0 Å². The minimum absolute atomic E-state index is 0.0214. The maximum absolute atomic E-state index is 12.4. The van der Waals surface area contributed by atoms with Gasteiger partial charge in [-0.2, -0.15) is 0 Å². The van der Waals surface area contributed by atoms with Crippen molar-refractivity contribution in [2.75, 3.05) is 38.7 Å². The minimum Gasteiger partial charge on any atom is -0.394 e. The maximum atomic E-state index is 12.4. The molecule has 0 aromatic heterocycles. The van der Waals surface area contributed by atoms with Crippen LogP contribution in [0.4, 0.5) is 5.69 Å². The van der Waals surface area contributed by atoms with Crippen molar-refractivity contribution in [2.45, 2.75) is 32.0 Å². The summed E-state index contributed by atoms with van der Waals surface area (Å²) >= 11 is 0. The summed E-state index contributed by atoms with van der Waals surface area (Å²) < 4.78 is 5.57. The van der Waals surface area contributed by atoms with E-state index in [1.807, 2.05) is 32.0 Å². The summed E-state index contributed by atoms with van der Waals surface area (Å²) in [6, 6.07) is 8.25. The Kier molecular flexibility index (Phi) is 5.80. The highest BCUT2D eigenvalue weighted by atomic mass is 16.5. The molecular weight excluding hydrogens is 280 g/mol. The third kappa shape index (κ3) is 4.45. The Labute approximate surface area is 132 Å². The zero-order valence-corrected chi connectivity index (χ0v) is 13.7. The molecule has 1 fully saturated rings. The highest BCUT2D eigenvalue weighted by molar-refractivity contribution is 5.76. The lowest BCUT2D eigenvalue weighted by Crippen LogP contribution is -2.50. The lowest BCUT2D eigenvalue weighted by Gasteiger charge is -2.36. The van der Waals surface area contributed by atoms with Gasteiger partial charge < -0.3 is 19.6 Å². The number of carbonyl (C=O) groups excluding carboxylic acids is 1. The number of rotatable bonds is 5. The van der Waals surface area contributed by atoms with Crippen LogP contribution in [-0.2, 0) is 16.0 Å². The van der Waals surface area contributed by atoms with Crippen molar-refractivity contribution >= 4 is 11.6 Å². The van der Waals surface area contributed by atoms with E-state index in [4.69, 9.17) is 4.74 Å². The molecule has 5 heteroatoms. The molecule has 122 valence electrons. The van der Waals surface area contributed by atoms with Crippen LogP contribution in [0.2, 0.25) is 0 Å². The lowest BCUT2D eigenvalue weighted by atomic mass is 10.1. The quantitative estimate of drug-likeness (QED) is 0.891. The summed E-state index contributed by atoms with van der Waals surface area (Å²) in [5.74, 6) is 0.129. The van der Waals surface area contributed by atoms with Crippen LogP contribution in [0.3, 0.4) is 0 Å². The first-order valence-corrected chi connectivity index (χ1v) is 7.80. The van der Waals surface area contributed by atoms with Crippen molar-refractivity contribution in [1.29, 1.82) is 0 Å². The van der Waals surface area contributed by atoms with E-state index in [0.29, 0.717) is 19.5 Å². The van der Waals surface area contributed by atoms with E-state index < -0.39 is 0 Å². The summed E-state index contributed by atoms with van der Waals surface area (Å²) in [6.07, 6.45) is 0.939. The van der Waals surface area contributed by atoms with Gasteiger partial charge in [0.25, 0.3) is 0 Å². The SMILES string of the molecule is CC1CN(C(=O)CCc2cccc(N(C)C)c2)CC(CO)O1. The summed E-state index contributed by atoms with van der Waals surface area (Å²) in [5, 5.41) is 9.23. The second kappa shape index (κ2) is 7.61. The zero-order chi connectivity index (χ0) is 16.1. The Hall–Kier alpha value is -1.59. The predicted molar refractivity (Wildman–Crippen MR) is 87.1 cm³/mol. The fourth-order valence-corrected chi connectivity index (χ4v) is 2.75. The van der Waals surface area contributed by atoms with E-state index in [0.717, 1.165) is 12.1 Å². The average Bonchev–Trinajstić information content (AvgIpc) is 2.52. The van der Waals surface area contributed by atoms with Crippen molar-refractivity contribution in [3.63, 3.8) is 0 Å². The van der Waals surface area contributed by atoms with Gasteiger partial charge in [0, 0.05) is 39.3 Å². The molecule has 0 saturated carbocycles. The number of aliphatic hydroxyl groups excluding tert-OH is 1. The van der Waals surface area contributed by atoms with Gasteiger partial charge in [-0.25, -0.2) is 0 Å². The average molecular weight is 306 g/mol. The Morgan fingerprint density at radius 1 is 1.41 bits per heavy atom. The monoisotopic (exact) mass is 306 g/mol. The highest BCUT2D eigenvalue weighted by Crippen LogP contribution is 2.16. The van der Waals surface area contributed by atoms with Crippen LogP contribution in [0.5, 0.6) is 0 Å². The van der Waals surface area contributed by atoms with Crippen LogP contribution in [0.25, 0.3) is 0 Å². The first kappa shape index (κ1) is 16.8. The van der Waals surface area contributed by atoms with Gasteiger partial charge in [-0.1, -0.05) is 12.1 Å². The molecule has 1 aliphatic heterocycles. The topological polar surface area (TPSA) is 53.0 Å². The molecule has 1 N–H and O–H groups in total. The van der Waals surface area contributed by atoms with E-state index >= 15 is 0 Å². The fraction of sp³-hybridized carbons (Fsp3) is 0.588. The number of anilines is 1. The molecule has 0 radical (unpaired) electrons.